The van der Waals surface area contributed by atoms with Gasteiger partial charge < -0.3 is 10.1 Å². The van der Waals surface area contributed by atoms with Crippen molar-refractivity contribution in [1.29, 1.82) is 0 Å². The van der Waals surface area contributed by atoms with Gasteiger partial charge >= 0.3 is 6.09 Å². The molecule has 0 bridgehead atoms. The lowest BCUT2D eigenvalue weighted by Crippen LogP contribution is -2.27. The molecule has 1 aromatic heterocycles. The van der Waals surface area contributed by atoms with Gasteiger partial charge in [0.25, 0.3) is 0 Å². The van der Waals surface area contributed by atoms with Crippen LogP contribution >= 0.6 is 27.5 Å². The highest BCUT2D eigenvalue weighted by Gasteiger charge is 2.02. The van der Waals surface area contributed by atoms with Crippen molar-refractivity contribution in [1.82, 2.24) is 10.3 Å². The number of nitrogens with one attached hydrogen (secondary N) is 1. The fourth-order valence-electron chi connectivity index (χ4n) is 0.823. The molecule has 0 aromatic carbocycles. The number of carbonyl (C=O) groups is 1. The summed E-state index contributed by atoms with van der Waals surface area (Å²) in [6, 6.07) is 3.35. The van der Waals surface area contributed by atoms with E-state index in [2.05, 4.69) is 26.2 Å². The first kappa shape index (κ1) is 12.3. The van der Waals surface area contributed by atoms with Gasteiger partial charge in [-0.05, 0) is 34.5 Å². The van der Waals surface area contributed by atoms with Crippen molar-refractivity contribution in [2.24, 2.45) is 0 Å². The maximum Gasteiger partial charge on any atom is 0.412 e. The summed E-state index contributed by atoms with van der Waals surface area (Å²) < 4.78 is 5.63. The molecular weight excluding hydrogens is 283 g/mol. The lowest BCUT2D eigenvalue weighted by atomic mass is 10.5. The van der Waals surface area contributed by atoms with Gasteiger partial charge in [-0.3, -0.25) is 0 Å². The number of halogens is 2. The smallest absolute Gasteiger partial charge is 0.409 e. The number of hydrogen-bond acceptors (Lipinski definition) is 3. The summed E-state index contributed by atoms with van der Waals surface area (Å²) >= 11 is 8.64. The zero-order valence-corrected chi connectivity index (χ0v) is 10.2. The number of aromatic nitrogens is 1. The van der Waals surface area contributed by atoms with Crippen molar-refractivity contribution in [3.8, 4) is 5.75 Å². The van der Waals surface area contributed by atoms with Gasteiger partial charge in [-0.2, -0.15) is 0 Å². The van der Waals surface area contributed by atoms with Gasteiger partial charge in [0.1, 0.15) is 4.60 Å². The highest BCUT2D eigenvalue weighted by Crippen LogP contribution is 2.12. The van der Waals surface area contributed by atoms with Crippen molar-refractivity contribution in [3.05, 3.63) is 22.9 Å². The van der Waals surface area contributed by atoms with Gasteiger partial charge in [-0.1, -0.05) is 0 Å². The normalized spacial score (nSPS) is 9.73. The standard InChI is InChI=1S/C9H10BrClN2O2/c10-8-3-2-7(6-13-8)15-9(14)12-5-1-4-11/h2-3,6H,1,4-5H2,(H,12,14). The Morgan fingerprint density at radius 2 is 2.40 bits per heavy atom. The first-order valence-corrected chi connectivity index (χ1v) is 5.68. The predicted molar refractivity (Wildman–Crippen MR) is 61.3 cm³/mol. The summed E-state index contributed by atoms with van der Waals surface area (Å²) in [5.41, 5.74) is 0. The fraction of sp³-hybridized carbons (Fsp3) is 0.333. The predicted octanol–water partition coefficient (Wildman–Crippen LogP) is 2.56. The van der Waals surface area contributed by atoms with Crippen molar-refractivity contribution >= 4 is 33.6 Å². The molecule has 6 heteroatoms. The maximum absolute atomic E-state index is 11.2. The van der Waals surface area contributed by atoms with Crippen LogP contribution in [0.3, 0.4) is 0 Å². The van der Waals surface area contributed by atoms with Gasteiger partial charge in [-0.15, -0.1) is 11.6 Å². The number of alkyl halides is 1. The number of ether oxygens (including phenoxy) is 1. The number of rotatable bonds is 4. The lowest BCUT2D eigenvalue weighted by Gasteiger charge is -2.04. The number of amides is 1. The molecule has 1 heterocycles. The minimum atomic E-state index is -0.496. The van der Waals surface area contributed by atoms with Crippen LogP contribution in [0.5, 0.6) is 5.75 Å². The second kappa shape index (κ2) is 6.63. The number of carbonyl (C=O) groups excluding carboxylic acids is 1. The molecule has 0 unspecified atom stereocenters. The second-order valence-corrected chi connectivity index (χ2v) is 3.87. The SMILES string of the molecule is O=C(NCCCCl)Oc1ccc(Br)nc1. The topological polar surface area (TPSA) is 51.2 Å². The van der Waals surface area contributed by atoms with E-state index in [1.807, 2.05) is 0 Å². The molecule has 0 radical (unpaired) electrons. The van der Waals surface area contributed by atoms with Crippen LogP contribution in [0.4, 0.5) is 4.79 Å². The summed E-state index contributed by atoms with van der Waals surface area (Å²) in [5, 5.41) is 2.56. The third kappa shape index (κ3) is 4.99. The van der Waals surface area contributed by atoms with Crippen LogP contribution in [0.2, 0.25) is 0 Å². The van der Waals surface area contributed by atoms with E-state index >= 15 is 0 Å². The molecule has 0 aliphatic rings. The van der Waals surface area contributed by atoms with Gasteiger partial charge in [0.15, 0.2) is 5.75 Å². The largest absolute Gasteiger partial charge is 0.412 e. The van der Waals surface area contributed by atoms with E-state index in [0.29, 0.717) is 22.8 Å². The minimum absolute atomic E-state index is 0.404. The van der Waals surface area contributed by atoms with E-state index in [9.17, 15) is 4.79 Å². The number of hydrogen-bond donors (Lipinski definition) is 1. The van der Waals surface area contributed by atoms with E-state index in [0.717, 1.165) is 6.42 Å². The van der Waals surface area contributed by atoms with Crippen LogP contribution in [0.1, 0.15) is 6.42 Å². The van der Waals surface area contributed by atoms with Crippen LogP contribution in [0, 0.1) is 0 Å². The molecule has 1 aromatic rings. The Hall–Kier alpha value is -0.810. The number of pyridine rings is 1. The summed E-state index contributed by atoms with van der Waals surface area (Å²) in [6.45, 7) is 0.506. The van der Waals surface area contributed by atoms with E-state index in [1.54, 1.807) is 12.1 Å². The Balaban J connectivity index is 2.34. The molecule has 0 spiro atoms. The van der Waals surface area contributed by atoms with Crippen molar-refractivity contribution in [2.45, 2.75) is 6.42 Å². The van der Waals surface area contributed by atoms with Crippen LogP contribution in [0.15, 0.2) is 22.9 Å². The van der Waals surface area contributed by atoms with E-state index in [4.69, 9.17) is 16.3 Å². The molecule has 0 aliphatic heterocycles. The maximum atomic E-state index is 11.2. The third-order valence-corrected chi connectivity index (χ3v) is 2.23. The molecular formula is C9H10BrClN2O2. The third-order valence-electron chi connectivity index (χ3n) is 1.49. The molecule has 1 N–H and O–H groups in total. The van der Waals surface area contributed by atoms with E-state index in [-0.39, 0.29) is 0 Å². The Bertz CT molecular complexity index is 318. The number of nitrogens with zero attached hydrogens (tertiary/aromatic N) is 1. The van der Waals surface area contributed by atoms with Crippen LogP contribution in [0.25, 0.3) is 0 Å². The second-order valence-electron chi connectivity index (χ2n) is 2.68. The van der Waals surface area contributed by atoms with Gasteiger partial charge in [-0.25, -0.2) is 9.78 Å². The van der Waals surface area contributed by atoms with Crippen LogP contribution < -0.4 is 10.1 Å². The minimum Gasteiger partial charge on any atom is -0.409 e. The molecule has 0 saturated heterocycles. The average molecular weight is 294 g/mol. The molecule has 15 heavy (non-hydrogen) atoms. The average Bonchev–Trinajstić information content (AvgIpc) is 2.22. The van der Waals surface area contributed by atoms with E-state index in [1.165, 1.54) is 6.20 Å². The summed E-state index contributed by atoms with van der Waals surface area (Å²) in [6.07, 6.45) is 1.68. The monoisotopic (exact) mass is 292 g/mol. The lowest BCUT2D eigenvalue weighted by molar-refractivity contribution is 0.200. The highest BCUT2D eigenvalue weighted by atomic mass is 79.9. The summed E-state index contributed by atoms with van der Waals surface area (Å²) in [5.74, 6) is 0.918. The van der Waals surface area contributed by atoms with Gasteiger partial charge in [0.2, 0.25) is 0 Å². The molecule has 0 saturated carbocycles. The Kier molecular flexibility index (Phi) is 5.42. The van der Waals surface area contributed by atoms with E-state index < -0.39 is 6.09 Å². The Labute approximate surface area is 101 Å². The first-order chi connectivity index (χ1) is 7.22. The van der Waals surface area contributed by atoms with Gasteiger partial charge in [0, 0.05) is 12.4 Å². The quantitative estimate of drug-likeness (QED) is 0.527. The fourth-order valence-corrected chi connectivity index (χ4v) is 1.19. The molecule has 0 aliphatic carbocycles. The van der Waals surface area contributed by atoms with Crippen molar-refractivity contribution < 1.29 is 9.53 Å². The van der Waals surface area contributed by atoms with Crippen LogP contribution in [-0.4, -0.2) is 23.5 Å². The molecule has 4 nitrogen and oxygen atoms in total. The Morgan fingerprint density at radius 1 is 1.60 bits per heavy atom. The molecule has 1 rings (SSSR count). The van der Waals surface area contributed by atoms with Crippen molar-refractivity contribution in [3.63, 3.8) is 0 Å². The van der Waals surface area contributed by atoms with Gasteiger partial charge in [0.05, 0.1) is 6.20 Å². The highest BCUT2D eigenvalue weighted by molar-refractivity contribution is 9.10. The van der Waals surface area contributed by atoms with Crippen molar-refractivity contribution in [2.75, 3.05) is 12.4 Å². The van der Waals surface area contributed by atoms with Crippen LogP contribution in [-0.2, 0) is 0 Å². The summed E-state index contributed by atoms with van der Waals surface area (Å²) in [7, 11) is 0. The molecule has 0 fully saturated rings. The molecule has 0 atom stereocenters. The molecule has 1 amide bonds. The molecule has 82 valence electrons. The zero-order chi connectivity index (χ0) is 11.1. The first-order valence-electron chi connectivity index (χ1n) is 4.35. The summed E-state index contributed by atoms with van der Waals surface area (Å²) in [4.78, 5) is 15.1. The Morgan fingerprint density at radius 3 is 3.00 bits per heavy atom. The zero-order valence-electron chi connectivity index (χ0n) is 7.87.